The first-order valence-corrected chi connectivity index (χ1v) is 15.7. The number of benzene rings is 2. The zero-order chi connectivity index (χ0) is 34.0. The Morgan fingerprint density at radius 2 is 1.64 bits per heavy atom. The average molecular weight is 645 g/mol. The first-order valence-electron chi connectivity index (χ1n) is 15.7. The molecule has 3 aromatic rings. The summed E-state index contributed by atoms with van der Waals surface area (Å²) in [5.41, 5.74) is 5.87. The van der Waals surface area contributed by atoms with Crippen LogP contribution in [0.1, 0.15) is 49.7 Å². The Bertz CT molecular complexity index is 1480. The highest BCUT2D eigenvalue weighted by molar-refractivity contribution is 5.97. The van der Waals surface area contributed by atoms with Gasteiger partial charge in [0.05, 0.1) is 24.6 Å². The number of aliphatic hydroxyl groups excluding tert-OH is 1. The summed E-state index contributed by atoms with van der Waals surface area (Å²) in [4.78, 5) is 57.7. The van der Waals surface area contributed by atoms with E-state index in [0.717, 1.165) is 5.56 Å². The van der Waals surface area contributed by atoms with Crippen LogP contribution < -0.4 is 26.4 Å². The molecule has 1 saturated heterocycles. The molecular formula is C35H44N6O6. The highest BCUT2D eigenvalue weighted by Gasteiger charge is 2.41. The molecule has 4 amide bonds. The van der Waals surface area contributed by atoms with Crippen molar-refractivity contribution in [3.63, 3.8) is 0 Å². The van der Waals surface area contributed by atoms with E-state index in [1.807, 2.05) is 86.3 Å². The van der Waals surface area contributed by atoms with Gasteiger partial charge in [-0.3, -0.25) is 29.1 Å². The smallest absolute Gasteiger partial charge is 0.270 e. The predicted octanol–water partition coefficient (Wildman–Crippen LogP) is 1.58. The van der Waals surface area contributed by atoms with Gasteiger partial charge in [-0.25, -0.2) is 0 Å². The van der Waals surface area contributed by atoms with Crippen molar-refractivity contribution < 1.29 is 29.0 Å². The molecule has 1 fully saturated rings. The van der Waals surface area contributed by atoms with Crippen LogP contribution in [-0.4, -0.2) is 87.6 Å². The quantitative estimate of drug-likeness (QED) is 0.176. The van der Waals surface area contributed by atoms with Crippen LogP contribution in [0.25, 0.3) is 0 Å². The molecule has 2 heterocycles. The van der Waals surface area contributed by atoms with Crippen LogP contribution in [0, 0.1) is 0 Å². The number of amides is 4. The summed E-state index contributed by atoms with van der Waals surface area (Å²) in [5, 5.41) is 20.1. The fourth-order valence-electron chi connectivity index (χ4n) is 5.51. The van der Waals surface area contributed by atoms with Crippen molar-refractivity contribution in [2.24, 2.45) is 5.73 Å². The summed E-state index contributed by atoms with van der Waals surface area (Å²) in [6.45, 7) is 6.10. The van der Waals surface area contributed by atoms with Crippen molar-refractivity contribution in [3.05, 3.63) is 96.3 Å². The van der Waals surface area contributed by atoms with Gasteiger partial charge in [0.2, 0.25) is 17.7 Å². The number of hydrogen-bond donors (Lipinski definition) is 5. The highest BCUT2D eigenvalue weighted by atomic mass is 16.5. The predicted molar refractivity (Wildman–Crippen MR) is 176 cm³/mol. The lowest BCUT2D eigenvalue weighted by molar-refractivity contribution is -0.129. The molecule has 0 unspecified atom stereocenters. The minimum Gasteiger partial charge on any atom is -0.489 e. The van der Waals surface area contributed by atoms with E-state index < -0.39 is 53.9 Å². The molecule has 0 bridgehead atoms. The number of nitrogens with two attached hydrogens (primary N) is 1. The Hall–Kier alpha value is -4.81. The van der Waals surface area contributed by atoms with Crippen molar-refractivity contribution in [2.45, 2.75) is 75.9 Å². The van der Waals surface area contributed by atoms with E-state index in [-0.39, 0.29) is 30.7 Å². The van der Waals surface area contributed by atoms with Gasteiger partial charge in [0.15, 0.2) is 0 Å². The minimum atomic E-state index is -1.31. The second kappa shape index (κ2) is 16.1. The number of ether oxygens (including phenoxy) is 1. The monoisotopic (exact) mass is 644 g/mol. The fraction of sp³-hybridized carbons (Fsp3) is 0.400. The summed E-state index contributed by atoms with van der Waals surface area (Å²) in [6.07, 6.45) is 0.150. The first kappa shape index (κ1) is 35.1. The molecule has 1 aromatic heterocycles. The van der Waals surface area contributed by atoms with Crippen LogP contribution in [0.2, 0.25) is 0 Å². The number of primary amides is 1. The van der Waals surface area contributed by atoms with E-state index in [2.05, 4.69) is 20.9 Å². The van der Waals surface area contributed by atoms with Crippen molar-refractivity contribution in [3.8, 4) is 5.75 Å². The normalized spacial score (nSPS) is 18.4. The molecule has 0 radical (unpaired) electrons. The third kappa shape index (κ3) is 10.9. The molecule has 5 atom stereocenters. The molecule has 6 N–H and O–H groups in total. The summed E-state index contributed by atoms with van der Waals surface area (Å²) >= 11 is 0. The first-order chi connectivity index (χ1) is 22.4. The minimum absolute atomic E-state index is 0.0371. The van der Waals surface area contributed by atoms with Crippen LogP contribution in [0.3, 0.4) is 0 Å². The van der Waals surface area contributed by atoms with Crippen LogP contribution in [-0.2, 0) is 20.8 Å². The molecule has 12 nitrogen and oxygen atoms in total. The zero-order valence-electron chi connectivity index (χ0n) is 27.0. The van der Waals surface area contributed by atoms with Gasteiger partial charge < -0.3 is 31.5 Å². The Balaban J connectivity index is 1.54. The Kier molecular flexibility index (Phi) is 12.0. The lowest BCUT2D eigenvalue weighted by Gasteiger charge is -2.32. The number of carbonyl (C=O) groups excluding carboxylic acids is 4. The lowest BCUT2D eigenvalue weighted by atomic mass is 9.99. The number of pyridine rings is 1. The van der Waals surface area contributed by atoms with Gasteiger partial charge in [0, 0.05) is 31.2 Å². The summed E-state index contributed by atoms with van der Waals surface area (Å²) in [6, 6.07) is 20.6. The largest absolute Gasteiger partial charge is 0.489 e. The number of hydrogen-bond acceptors (Lipinski definition) is 8. The van der Waals surface area contributed by atoms with E-state index >= 15 is 0 Å². The molecule has 47 heavy (non-hydrogen) atoms. The van der Waals surface area contributed by atoms with Crippen LogP contribution >= 0.6 is 0 Å². The molecule has 250 valence electrons. The standard InChI is InChI=1S/C35H44N6O6/c1-35(2,3)40-34(46)29-19-25(47-24-14-8-5-9-15-24)21-41(29)22-30(42)27(18-23-12-6-4-7-13-23)38-33(45)28(20-31(36)43)39-32(44)26-16-10-11-17-37-26/h4-17,25,27-30,42H,18-22H2,1-3H3,(H2,36,43)(H,38,45)(H,39,44)(H,40,46)/t25-,27+,28+,29+,30-/m1/s1. The molecule has 1 aliphatic rings. The van der Waals surface area contributed by atoms with Gasteiger partial charge in [0.1, 0.15) is 23.6 Å². The number of rotatable bonds is 14. The van der Waals surface area contributed by atoms with Gasteiger partial charge >= 0.3 is 0 Å². The number of para-hydroxylation sites is 1. The molecule has 4 rings (SSSR count). The number of likely N-dealkylation sites (tertiary alicyclic amines) is 1. The average Bonchev–Trinajstić information content (AvgIpc) is 3.42. The molecule has 12 heteroatoms. The number of nitrogens with zero attached hydrogens (tertiary/aromatic N) is 2. The maximum atomic E-state index is 13.6. The van der Waals surface area contributed by atoms with Crippen LogP contribution in [0.15, 0.2) is 85.1 Å². The highest BCUT2D eigenvalue weighted by Crippen LogP contribution is 2.25. The molecular weight excluding hydrogens is 600 g/mol. The van der Waals surface area contributed by atoms with E-state index in [1.165, 1.54) is 12.3 Å². The second-order valence-electron chi connectivity index (χ2n) is 12.8. The van der Waals surface area contributed by atoms with Crippen molar-refractivity contribution in [1.82, 2.24) is 25.8 Å². The second-order valence-corrected chi connectivity index (χ2v) is 12.8. The van der Waals surface area contributed by atoms with Crippen molar-refractivity contribution in [2.75, 3.05) is 13.1 Å². The molecule has 0 aliphatic carbocycles. The Morgan fingerprint density at radius 1 is 0.979 bits per heavy atom. The van der Waals surface area contributed by atoms with Crippen LogP contribution in [0.4, 0.5) is 0 Å². The van der Waals surface area contributed by atoms with Crippen molar-refractivity contribution >= 4 is 23.6 Å². The van der Waals surface area contributed by atoms with Crippen LogP contribution in [0.5, 0.6) is 5.75 Å². The lowest BCUT2D eigenvalue weighted by Crippen LogP contribution is -2.57. The fourth-order valence-corrected chi connectivity index (χ4v) is 5.51. The summed E-state index contributed by atoms with van der Waals surface area (Å²) in [7, 11) is 0. The third-order valence-electron chi connectivity index (χ3n) is 7.65. The van der Waals surface area contributed by atoms with E-state index in [1.54, 1.807) is 12.1 Å². The number of β-amino-alcohol motifs (C(OH)–C–C–N with tert-alkyl or cyclic N) is 1. The third-order valence-corrected chi connectivity index (χ3v) is 7.65. The zero-order valence-corrected chi connectivity index (χ0v) is 27.0. The number of nitrogens with one attached hydrogen (secondary N) is 3. The van der Waals surface area contributed by atoms with Gasteiger partial charge in [-0.2, -0.15) is 0 Å². The summed E-state index contributed by atoms with van der Waals surface area (Å²) in [5.74, 6) is -1.65. The number of aliphatic hydroxyl groups is 1. The Labute approximate surface area is 275 Å². The molecule has 1 aliphatic heterocycles. The van der Waals surface area contributed by atoms with E-state index in [9.17, 15) is 24.3 Å². The SMILES string of the molecule is CC(C)(C)NC(=O)[C@@H]1C[C@@H](Oc2ccccc2)CN1C[C@@H](O)[C@H](Cc1ccccc1)NC(=O)[C@H](CC(N)=O)NC(=O)c1ccccn1. The maximum Gasteiger partial charge on any atom is 0.270 e. The van der Waals surface area contributed by atoms with E-state index in [0.29, 0.717) is 18.7 Å². The Morgan fingerprint density at radius 3 is 2.26 bits per heavy atom. The molecule has 2 aromatic carbocycles. The van der Waals surface area contributed by atoms with Gasteiger partial charge in [-0.15, -0.1) is 0 Å². The van der Waals surface area contributed by atoms with Gasteiger partial charge in [0.25, 0.3) is 5.91 Å². The topological polar surface area (TPSA) is 176 Å². The molecule has 0 spiro atoms. The van der Waals surface area contributed by atoms with Crippen molar-refractivity contribution in [1.29, 1.82) is 0 Å². The van der Waals surface area contributed by atoms with E-state index in [4.69, 9.17) is 10.5 Å². The van der Waals surface area contributed by atoms with Gasteiger partial charge in [-0.1, -0.05) is 54.6 Å². The van der Waals surface area contributed by atoms with Gasteiger partial charge in [-0.05, 0) is 57.0 Å². The maximum absolute atomic E-state index is 13.6. The summed E-state index contributed by atoms with van der Waals surface area (Å²) < 4.78 is 6.20. The molecule has 0 saturated carbocycles. The number of carbonyl (C=O) groups is 4. The number of aromatic nitrogens is 1.